The van der Waals surface area contributed by atoms with E-state index in [-0.39, 0.29) is 6.79 Å². The lowest BCUT2D eigenvalue weighted by Gasteiger charge is -2.04. The highest BCUT2D eigenvalue weighted by molar-refractivity contribution is 14.1. The number of hydrogen-bond donors (Lipinski definition) is 0. The van der Waals surface area contributed by atoms with E-state index in [0.717, 1.165) is 15.1 Å². The third-order valence-corrected chi connectivity index (χ3v) is 2.50. The Kier molecular flexibility index (Phi) is 2.00. The van der Waals surface area contributed by atoms with Crippen LogP contribution in [-0.4, -0.2) is 13.9 Å². The first kappa shape index (κ1) is 7.97. The number of halogens is 1. The maximum Gasteiger partial charge on any atom is 0.231 e. The van der Waals surface area contributed by atoms with E-state index in [9.17, 15) is 0 Å². The minimum absolute atomic E-state index is 0.283. The molecule has 2 rings (SSSR count). The quantitative estimate of drug-likeness (QED) is 0.736. The van der Waals surface area contributed by atoms with E-state index in [1.165, 1.54) is 0 Å². The zero-order chi connectivity index (χ0) is 8.55. The molecule has 0 fully saturated rings. The van der Waals surface area contributed by atoms with Gasteiger partial charge in [-0.15, -0.1) is 0 Å². The lowest BCUT2D eigenvalue weighted by molar-refractivity contribution is 0.170. The number of hydrogen-bond acceptors (Lipinski definition) is 3. The molecule has 0 unspecified atom stereocenters. The standard InChI is InChI=1S/C8H7IO3/c1-10-6-3-2-5(9)7-8(6)12-4-11-7/h2-3H,4H2,1H3. The van der Waals surface area contributed by atoms with Crippen LogP contribution in [0.2, 0.25) is 0 Å². The van der Waals surface area contributed by atoms with E-state index in [1.54, 1.807) is 7.11 Å². The summed E-state index contributed by atoms with van der Waals surface area (Å²) in [5.41, 5.74) is 0. The van der Waals surface area contributed by atoms with Gasteiger partial charge in [0.05, 0.1) is 10.7 Å². The van der Waals surface area contributed by atoms with E-state index < -0.39 is 0 Å². The molecule has 1 aromatic rings. The van der Waals surface area contributed by atoms with Crippen LogP contribution in [0.15, 0.2) is 12.1 Å². The Morgan fingerprint density at radius 3 is 2.83 bits per heavy atom. The predicted molar refractivity (Wildman–Crippen MR) is 51.8 cm³/mol. The van der Waals surface area contributed by atoms with Crippen LogP contribution in [0.1, 0.15) is 0 Å². The van der Waals surface area contributed by atoms with Crippen LogP contribution in [0.3, 0.4) is 0 Å². The Morgan fingerprint density at radius 2 is 2.08 bits per heavy atom. The summed E-state index contributed by atoms with van der Waals surface area (Å²) in [6.07, 6.45) is 0. The first-order valence-corrected chi connectivity index (χ1v) is 4.53. The van der Waals surface area contributed by atoms with Gasteiger partial charge in [-0.25, -0.2) is 0 Å². The van der Waals surface area contributed by atoms with Crippen LogP contribution in [0, 0.1) is 3.57 Å². The highest BCUT2D eigenvalue weighted by Gasteiger charge is 2.20. The summed E-state index contributed by atoms with van der Waals surface area (Å²) in [7, 11) is 1.62. The van der Waals surface area contributed by atoms with Crippen molar-refractivity contribution in [1.82, 2.24) is 0 Å². The van der Waals surface area contributed by atoms with Gasteiger partial charge in [0.25, 0.3) is 0 Å². The summed E-state index contributed by atoms with van der Waals surface area (Å²) in [6, 6.07) is 3.81. The Bertz CT molecular complexity index is 311. The fourth-order valence-electron chi connectivity index (χ4n) is 1.10. The van der Waals surface area contributed by atoms with Gasteiger partial charge in [-0.05, 0) is 34.7 Å². The number of methoxy groups -OCH3 is 1. The molecule has 1 aromatic carbocycles. The van der Waals surface area contributed by atoms with Crippen molar-refractivity contribution in [2.45, 2.75) is 0 Å². The Labute approximate surface area is 83.8 Å². The van der Waals surface area contributed by atoms with Gasteiger partial charge in [-0.1, -0.05) is 0 Å². The number of rotatable bonds is 1. The number of fused-ring (bicyclic) bond motifs is 1. The summed E-state index contributed by atoms with van der Waals surface area (Å²) >= 11 is 2.20. The van der Waals surface area contributed by atoms with E-state index in [4.69, 9.17) is 14.2 Å². The molecule has 0 radical (unpaired) electrons. The van der Waals surface area contributed by atoms with Crippen molar-refractivity contribution < 1.29 is 14.2 Å². The first-order valence-electron chi connectivity index (χ1n) is 3.45. The molecule has 1 heterocycles. The van der Waals surface area contributed by atoms with Gasteiger partial charge in [-0.2, -0.15) is 0 Å². The first-order chi connectivity index (χ1) is 5.83. The zero-order valence-electron chi connectivity index (χ0n) is 6.46. The molecule has 1 aliphatic heterocycles. The van der Waals surface area contributed by atoms with Crippen LogP contribution in [-0.2, 0) is 0 Å². The van der Waals surface area contributed by atoms with Gasteiger partial charge in [0, 0.05) is 0 Å². The summed E-state index contributed by atoms with van der Waals surface area (Å²) in [6.45, 7) is 0.283. The van der Waals surface area contributed by atoms with Gasteiger partial charge >= 0.3 is 0 Å². The van der Waals surface area contributed by atoms with Crippen molar-refractivity contribution in [2.24, 2.45) is 0 Å². The van der Waals surface area contributed by atoms with Crippen LogP contribution in [0.5, 0.6) is 17.2 Å². The predicted octanol–water partition coefficient (Wildman–Crippen LogP) is 2.03. The molecular formula is C8H7IO3. The smallest absolute Gasteiger partial charge is 0.231 e. The second-order valence-corrected chi connectivity index (χ2v) is 3.48. The second kappa shape index (κ2) is 3.01. The highest BCUT2D eigenvalue weighted by Crippen LogP contribution is 2.43. The number of ether oxygens (including phenoxy) is 3. The lowest BCUT2D eigenvalue weighted by atomic mass is 10.3. The normalized spacial score (nSPS) is 13.2. The Hall–Kier alpha value is -0.650. The average Bonchev–Trinajstić information content (AvgIpc) is 2.54. The molecule has 12 heavy (non-hydrogen) atoms. The molecule has 4 heteroatoms. The van der Waals surface area contributed by atoms with Crippen molar-refractivity contribution in [3.63, 3.8) is 0 Å². The minimum atomic E-state index is 0.283. The lowest BCUT2D eigenvalue weighted by Crippen LogP contribution is -1.94. The molecule has 1 aliphatic rings. The number of benzene rings is 1. The van der Waals surface area contributed by atoms with Crippen LogP contribution in [0.4, 0.5) is 0 Å². The topological polar surface area (TPSA) is 27.7 Å². The van der Waals surface area contributed by atoms with Crippen molar-refractivity contribution in [1.29, 1.82) is 0 Å². The maximum atomic E-state index is 5.26. The van der Waals surface area contributed by atoms with Crippen molar-refractivity contribution in [3.05, 3.63) is 15.7 Å². The largest absolute Gasteiger partial charge is 0.493 e. The van der Waals surface area contributed by atoms with Gasteiger partial charge in [0.1, 0.15) is 0 Å². The van der Waals surface area contributed by atoms with Gasteiger partial charge in [0.2, 0.25) is 12.5 Å². The second-order valence-electron chi connectivity index (χ2n) is 2.31. The Balaban J connectivity index is 2.57. The fraction of sp³-hybridized carbons (Fsp3) is 0.250. The van der Waals surface area contributed by atoms with E-state index in [1.807, 2.05) is 12.1 Å². The summed E-state index contributed by atoms with van der Waals surface area (Å²) in [4.78, 5) is 0. The highest BCUT2D eigenvalue weighted by atomic mass is 127. The molecule has 0 saturated heterocycles. The van der Waals surface area contributed by atoms with E-state index in [0.29, 0.717) is 5.75 Å². The monoisotopic (exact) mass is 278 g/mol. The summed E-state index contributed by atoms with van der Waals surface area (Å²) < 4.78 is 16.7. The molecule has 0 saturated carbocycles. The molecule has 64 valence electrons. The summed E-state index contributed by atoms with van der Waals surface area (Å²) in [5.74, 6) is 2.22. The minimum Gasteiger partial charge on any atom is -0.493 e. The zero-order valence-corrected chi connectivity index (χ0v) is 8.62. The molecule has 0 bridgehead atoms. The van der Waals surface area contributed by atoms with Crippen LogP contribution >= 0.6 is 22.6 Å². The molecule has 0 atom stereocenters. The van der Waals surface area contributed by atoms with Gasteiger partial charge in [0.15, 0.2) is 11.5 Å². The van der Waals surface area contributed by atoms with Crippen molar-refractivity contribution >= 4 is 22.6 Å². The SMILES string of the molecule is COc1ccc(I)c2c1OCO2. The third kappa shape index (κ3) is 1.10. The molecule has 3 nitrogen and oxygen atoms in total. The van der Waals surface area contributed by atoms with Crippen LogP contribution < -0.4 is 14.2 Å². The Morgan fingerprint density at radius 1 is 1.33 bits per heavy atom. The van der Waals surface area contributed by atoms with E-state index >= 15 is 0 Å². The molecule has 0 amide bonds. The third-order valence-electron chi connectivity index (χ3n) is 1.65. The van der Waals surface area contributed by atoms with Gasteiger partial charge < -0.3 is 14.2 Å². The van der Waals surface area contributed by atoms with E-state index in [2.05, 4.69) is 22.6 Å². The summed E-state index contributed by atoms with van der Waals surface area (Å²) in [5, 5.41) is 0. The average molecular weight is 278 g/mol. The molecule has 0 aromatic heterocycles. The molecule has 0 aliphatic carbocycles. The van der Waals surface area contributed by atoms with Gasteiger partial charge in [-0.3, -0.25) is 0 Å². The van der Waals surface area contributed by atoms with Crippen molar-refractivity contribution in [3.8, 4) is 17.2 Å². The maximum absolute atomic E-state index is 5.26. The van der Waals surface area contributed by atoms with Crippen LogP contribution in [0.25, 0.3) is 0 Å². The molecule has 0 N–H and O–H groups in total. The molecular weight excluding hydrogens is 271 g/mol. The molecule has 0 spiro atoms. The van der Waals surface area contributed by atoms with Crippen molar-refractivity contribution in [2.75, 3.05) is 13.9 Å². The fourth-order valence-corrected chi connectivity index (χ4v) is 1.68.